The van der Waals surface area contributed by atoms with Crippen molar-refractivity contribution in [2.45, 2.75) is 26.7 Å². The minimum atomic E-state index is 0.181. The number of carbonyl (C=O) groups is 1. The average Bonchev–Trinajstić information content (AvgIpc) is 2.09. The van der Waals surface area contributed by atoms with Crippen molar-refractivity contribution < 1.29 is 4.79 Å². The molecular formula is C9H12O. The first-order valence-corrected chi connectivity index (χ1v) is 3.58. The Balaban J connectivity index is 2.96. The third-order valence-corrected chi connectivity index (χ3v) is 1.94. The number of allylic oxidation sites excluding steroid dienone is 3. The second-order valence-electron chi connectivity index (χ2n) is 2.72. The summed E-state index contributed by atoms with van der Waals surface area (Å²) in [5.41, 5.74) is 2.94. The van der Waals surface area contributed by atoms with E-state index >= 15 is 0 Å². The number of rotatable bonds is 1. The molecule has 0 saturated heterocycles. The van der Waals surface area contributed by atoms with Crippen LogP contribution in [0.2, 0.25) is 0 Å². The Kier molecular flexibility index (Phi) is 1.75. The van der Waals surface area contributed by atoms with Gasteiger partial charge in [0.05, 0.1) is 0 Å². The van der Waals surface area contributed by atoms with Crippen molar-refractivity contribution in [2.24, 2.45) is 0 Å². The van der Waals surface area contributed by atoms with Crippen molar-refractivity contribution in [3.8, 4) is 0 Å². The van der Waals surface area contributed by atoms with E-state index in [9.17, 15) is 4.79 Å². The minimum absolute atomic E-state index is 0.181. The van der Waals surface area contributed by atoms with Gasteiger partial charge < -0.3 is 0 Å². The zero-order valence-corrected chi connectivity index (χ0v) is 6.53. The quantitative estimate of drug-likeness (QED) is 0.505. The Morgan fingerprint density at radius 3 is 2.40 bits per heavy atom. The molecule has 10 heavy (non-hydrogen) atoms. The van der Waals surface area contributed by atoms with E-state index in [1.807, 2.05) is 13.8 Å². The van der Waals surface area contributed by atoms with E-state index in [4.69, 9.17) is 0 Å². The summed E-state index contributed by atoms with van der Waals surface area (Å²) in [6, 6.07) is 0. The van der Waals surface area contributed by atoms with Crippen LogP contribution in [0.25, 0.3) is 0 Å². The summed E-state index contributed by atoms with van der Waals surface area (Å²) in [4.78, 5) is 11.2. The molecular weight excluding hydrogens is 124 g/mol. The van der Waals surface area contributed by atoms with Gasteiger partial charge in [-0.25, -0.2) is 0 Å². The molecule has 0 N–H and O–H groups in total. The van der Waals surface area contributed by atoms with Crippen LogP contribution in [0.3, 0.4) is 0 Å². The van der Waals surface area contributed by atoms with Gasteiger partial charge in [-0.2, -0.15) is 0 Å². The maximum atomic E-state index is 11.2. The van der Waals surface area contributed by atoms with Crippen LogP contribution >= 0.6 is 0 Å². The highest BCUT2D eigenvalue weighted by Gasteiger charge is 2.21. The number of hydrogen-bond donors (Lipinski definition) is 0. The first kappa shape index (κ1) is 7.26. The number of hydrogen-bond acceptors (Lipinski definition) is 1. The van der Waals surface area contributed by atoms with Gasteiger partial charge in [0, 0.05) is 0 Å². The second kappa shape index (κ2) is 2.41. The van der Waals surface area contributed by atoms with Gasteiger partial charge in [0.2, 0.25) is 0 Å². The lowest BCUT2D eigenvalue weighted by molar-refractivity contribution is -0.112. The predicted octanol–water partition coefficient (Wildman–Crippen LogP) is 2.24. The molecule has 1 nitrogen and oxygen atoms in total. The van der Waals surface area contributed by atoms with E-state index < -0.39 is 0 Å². The van der Waals surface area contributed by atoms with Gasteiger partial charge in [0.25, 0.3) is 0 Å². The van der Waals surface area contributed by atoms with E-state index in [0.29, 0.717) is 0 Å². The van der Waals surface area contributed by atoms with Crippen LogP contribution in [-0.2, 0) is 4.79 Å². The molecule has 0 saturated carbocycles. The van der Waals surface area contributed by atoms with Crippen molar-refractivity contribution in [1.82, 2.24) is 0 Å². The first-order valence-electron chi connectivity index (χ1n) is 3.58. The lowest BCUT2D eigenvalue weighted by atomic mass is 10.1. The molecule has 0 atom stereocenters. The van der Waals surface area contributed by atoms with Crippen LogP contribution in [0.1, 0.15) is 26.7 Å². The second-order valence-corrected chi connectivity index (χ2v) is 2.72. The monoisotopic (exact) mass is 136 g/mol. The largest absolute Gasteiger partial charge is 0.289 e. The van der Waals surface area contributed by atoms with E-state index in [1.54, 1.807) is 0 Å². The lowest BCUT2D eigenvalue weighted by Gasteiger charge is -1.93. The summed E-state index contributed by atoms with van der Waals surface area (Å²) < 4.78 is 0. The topological polar surface area (TPSA) is 17.1 Å². The van der Waals surface area contributed by atoms with Crippen molar-refractivity contribution in [3.05, 3.63) is 23.3 Å². The molecule has 1 rings (SSSR count). The highest BCUT2D eigenvalue weighted by atomic mass is 16.1. The van der Waals surface area contributed by atoms with Crippen molar-refractivity contribution in [3.63, 3.8) is 0 Å². The number of Topliss-reactive ketones (excluding diaryl/α,β-unsaturated/α-hetero) is 1. The Hall–Kier alpha value is -0.850. The van der Waals surface area contributed by atoms with Crippen molar-refractivity contribution in [1.29, 1.82) is 0 Å². The molecule has 0 aromatic rings. The summed E-state index contributed by atoms with van der Waals surface area (Å²) in [6.07, 6.45) is 1.64. The Morgan fingerprint density at radius 2 is 2.20 bits per heavy atom. The Labute approximate surface area is 61.4 Å². The highest BCUT2D eigenvalue weighted by molar-refractivity contribution is 6.11. The van der Waals surface area contributed by atoms with Crippen LogP contribution in [0.4, 0.5) is 0 Å². The zero-order chi connectivity index (χ0) is 7.72. The standard InChI is InChI=1S/C9H12O/c1-4-8-6(2)5-7(3)9(8)10/h3-5H2,1-2H3. The number of carbonyl (C=O) groups excluding carboxylic acids is 1. The molecule has 1 heteroatoms. The molecule has 1 aliphatic carbocycles. The molecule has 0 spiro atoms. The fourth-order valence-electron chi connectivity index (χ4n) is 1.38. The van der Waals surface area contributed by atoms with Crippen molar-refractivity contribution in [2.75, 3.05) is 0 Å². The van der Waals surface area contributed by atoms with Gasteiger partial charge >= 0.3 is 0 Å². The summed E-state index contributed by atoms with van der Waals surface area (Å²) in [5, 5.41) is 0. The SMILES string of the molecule is C=C1CC(C)=C(CC)C1=O. The zero-order valence-electron chi connectivity index (χ0n) is 6.53. The average molecular weight is 136 g/mol. The molecule has 0 fully saturated rings. The summed E-state index contributed by atoms with van der Waals surface area (Å²) in [7, 11) is 0. The van der Waals surface area contributed by atoms with Gasteiger partial charge in [-0.3, -0.25) is 4.79 Å². The molecule has 0 heterocycles. The van der Waals surface area contributed by atoms with Gasteiger partial charge in [-0.1, -0.05) is 19.1 Å². The molecule has 0 unspecified atom stereocenters. The molecule has 0 radical (unpaired) electrons. The number of ketones is 1. The molecule has 0 bridgehead atoms. The highest BCUT2D eigenvalue weighted by Crippen LogP contribution is 2.27. The van der Waals surface area contributed by atoms with E-state index in [1.165, 1.54) is 5.57 Å². The maximum absolute atomic E-state index is 11.2. The minimum Gasteiger partial charge on any atom is -0.289 e. The predicted molar refractivity (Wildman–Crippen MR) is 41.8 cm³/mol. The van der Waals surface area contributed by atoms with E-state index in [0.717, 1.165) is 24.0 Å². The van der Waals surface area contributed by atoms with Crippen molar-refractivity contribution >= 4 is 5.78 Å². The molecule has 0 amide bonds. The van der Waals surface area contributed by atoms with Gasteiger partial charge in [0.15, 0.2) is 5.78 Å². The van der Waals surface area contributed by atoms with Crippen LogP contribution in [0.5, 0.6) is 0 Å². The van der Waals surface area contributed by atoms with Crippen LogP contribution in [0.15, 0.2) is 23.3 Å². The summed E-state index contributed by atoms with van der Waals surface area (Å²) in [5.74, 6) is 0.181. The third-order valence-electron chi connectivity index (χ3n) is 1.94. The van der Waals surface area contributed by atoms with Gasteiger partial charge in [-0.05, 0) is 30.9 Å². The normalized spacial score (nSPS) is 19.0. The molecule has 1 aliphatic rings. The summed E-state index contributed by atoms with van der Waals surface area (Å²) in [6.45, 7) is 7.71. The Bertz CT molecular complexity index is 221. The maximum Gasteiger partial charge on any atom is 0.184 e. The van der Waals surface area contributed by atoms with E-state index in [2.05, 4.69) is 6.58 Å². The van der Waals surface area contributed by atoms with Crippen LogP contribution < -0.4 is 0 Å². The molecule has 0 aromatic heterocycles. The summed E-state index contributed by atoms with van der Waals surface area (Å²) >= 11 is 0. The van der Waals surface area contributed by atoms with Gasteiger partial charge in [-0.15, -0.1) is 0 Å². The van der Waals surface area contributed by atoms with Gasteiger partial charge in [0.1, 0.15) is 0 Å². The fourth-order valence-corrected chi connectivity index (χ4v) is 1.38. The molecule has 0 aromatic carbocycles. The lowest BCUT2D eigenvalue weighted by Crippen LogP contribution is -1.96. The smallest absolute Gasteiger partial charge is 0.184 e. The molecule has 0 aliphatic heterocycles. The first-order chi connectivity index (χ1) is 4.66. The Morgan fingerprint density at radius 1 is 1.60 bits per heavy atom. The fraction of sp³-hybridized carbons (Fsp3) is 0.444. The molecule has 54 valence electrons. The van der Waals surface area contributed by atoms with Crippen LogP contribution in [0, 0.1) is 0 Å². The van der Waals surface area contributed by atoms with E-state index in [-0.39, 0.29) is 5.78 Å². The van der Waals surface area contributed by atoms with Crippen LogP contribution in [-0.4, -0.2) is 5.78 Å². The third kappa shape index (κ3) is 0.919.